The molecule has 0 radical (unpaired) electrons. The van der Waals surface area contributed by atoms with Gasteiger partial charge in [0.05, 0.1) is 36.5 Å². The Morgan fingerprint density at radius 2 is 1.87 bits per heavy atom. The van der Waals surface area contributed by atoms with E-state index in [1.165, 1.54) is 43.9 Å². The molecule has 0 aliphatic heterocycles. The van der Waals surface area contributed by atoms with Crippen LogP contribution in [0.5, 0.6) is 11.5 Å². The first-order valence-corrected chi connectivity index (χ1v) is 11.4. The molecule has 0 saturated carbocycles. The number of nitrogens with one attached hydrogen (secondary N) is 1. The number of ether oxygens (including phenoxy) is 2. The molecule has 8 heteroatoms. The number of carbonyl (C=O) groups is 1. The molecular weight excluding hydrogens is 414 g/mol. The fourth-order valence-corrected chi connectivity index (χ4v) is 5.25. The molecule has 3 aromatic rings. The number of aryl methyl sites for hydroxylation is 2. The third-order valence-corrected chi connectivity index (χ3v) is 6.95. The maximum Gasteiger partial charge on any atom is 0.264 e. The maximum absolute atomic E-state index is 13.2. The molecule has 31 heavy (non-hydrogen) atoms. The molecule has 0 bridgehead atoms. The normalized spacial score (nSPS) is 13.5. The molecule has 0 spiro atoms. The molecule has 1 amide bonds. The number of amides is 1. The molecule has 4 rings (SSSR count). The number of rotatable bonds is 6. The molecular formula is C23H27N3O4S. The lowest BCUT2D eigenvalue weighted by Gasteiger charge is -2.19. The first-order chi connectivity index (χ1) is 15.0. The van der Waals surface area contributed by atoms with Gasteiger partial charge in [-0.05, 0) is 50.3 Å². The summed E-state index contributed by atoms with van der Waals surface area (Å²) in [7, 11) is 3.06. The van der Waals surface area contributed by atoms with Gasteiger partial charge in [-0.25, -0.2) is 4.98 Å². The third kappa shape index (κ3) is 4.30. The zero-order valence-corrected chi connectivity index (χ0v) is 18.9. The van der Waals surface area contributed by atoms with Gasteiger partial charge in [0.2, 0.25) is 0 Å². The number of aromatic amines is 1. The largest absolute Gasteiger partial charge is 0.493 e. The van der Waals surface area contributed by atoms with E-state index in [9.17, 15) is 9.59 Å². The van der Waals surface area contributed by atoms with Crippen LogP contribution in [0.4, 0.5) is 0 Å². The van der Waals surface area contributed by atoms with Crippen LogP contribution >= 0.6 is 11.3 Å². The van der Waals surface area contributed by atoms with E-state index in [0.29, 0.717) is 34.8 Å². The van der Waals surface area contributed by atoms with Gasteiger partial charge in [0.25, 0.3) is 11.5 Å². The van der Waals surface area contributed by atoms with Gasteiger partial charge in [0.15, 0.2) is 11.5 Å². The summed E-state index contributed by atoms with van der Waals surface area (Å²) in [6.45, 7) is 2.69. The van der Waals surface area contributed by atoms with Crippen molar-refractivity contribution in [1.82, 2.24) is 14.9 Å². The van der Waals surface area contributed by atoms with Crippen molar-refractivity contribution in [3.8, 4) is 11.5 Å². The van der Waals surface area contributed by atoms with Crippen LogP contribution in [0.3, 0.4) is 0 Å². The van der Waals surface area contributed by atoms with Gasteiger partial charge >= 0.3 is 0 Å². The first kappa shape index (κ1) is 21.4. The van der Waals surface area contributed by atoms with E-state index >= 15 is 0 Å². The van der Waals surface area contributed by atoms with E-state index in [0.717, 1.165) is 17.7 Å². The smallest absolute Gasteiger partial charge is 0.264 e. The Morgan fingerprint density at radius 1 is 1.13 bits per heavy atom. The van der Waals surface area contributed by atoms with Crippen LogP contribution in [0, 0.1) is 0 Å². The highest BCUT2D eigenvalue weighted by molar-refractivity contribution is 7.14. The molecule has 2 heterocycles. The summed E-state index contributed by atoms with van der Waals surface area (Å²) in [5.41, 5.74) is 1.55. The lowest BCUT2D eigenvalue weighted by atomic mass is 10.1. The van der Waals surface area contributed by atoms with Crippen molar-refractivity contribution in [1.29, 1.82) is 0 Å². The Balaban J connectivity index is 1.62. The Kier molecular flexibility index (Phi) is 6.27. The SMILES string of the molecule is CCN(Cc1nc2cc(OC)c(OC)cc2c(=O)[nH]1)C(=O)c1cc2c(s1)CCCCC2. The number of hydrogen-bond donors (Lipinski definition) is 1. The zero-order valence-electron chi connectivity index (χ0n) is 18.1. The van der Waals surface area contributed by atoms with Crippen LogP contribution in [-0.4, -0.2) is 41.5 Å². The summed E-state index contributed by atoms with van der Waals surface area (Å²) in [4.78, 5) is 37.1. The summed E-state index contributed by atoms with van der Waals surface area (Å²) >= 11 is 1.61. The molecule has 164 valence electrons. The van der Waals surface area contributed by atoms with Crippen molar-refractivity contribution in [3.05, 3.63) is 49.7 Å². The van der Waals surface area contributed by atoms with Crippen LogP contribution in [0.1, 0.15) is 52.1 Å². The molecule has 1 aliphatic rings. The highest BCUT2D eigenvalue weighted by Gasteiger charge is 2.21. The fraction of sp³-hybridized carbons (Fsp3) is 0.435. The van der Waals surface area contributed by atoms with Crippen molar-refractivity contribution in [2.45, 2.75) is 45.6 Å². The van der Waals surface area contributed by atoms with E-state index in [1.807, 2.05) is 6.92 Å². The highest BCUT2D eigenvalue weighted by atomic mass is 32.1. The van der Waals surface area contributed by atoms with Crippen LogP contribution in [0.15, 0.2) is 23.0 Å². The number of thiophene rings is 1. The molecule has 0 atom stereocenters. The molecule has 7 nitrogen and oxygen atoms in total. The topological polar surface area (TPSA) is 84.5 Å². The fourth-order valence-electron chi connectivity index (χ4n) is 4.03. The molecule has 1 aliphatic carbocycles. The van der Waals surface area contributed by atoms with Gasteiger partial charge in [-0.3, -0.25) is 9.59 Å². The minimum Gasteiger partial charge on any atom is -0.493 e. The van der Waals surface area contributed by atoms with Crippen molar-refractivity contribution in [3.63, 3.8) is 0 Å². The van der Waals surface area contributed by atoms with Crippen molar-refractivity contribution < 1.29 is 14.3 Å². The molecule has 1 N–H and O–H groups in total. The van der Waals surface area contributed by atoms with Gasteiger partial charge in [-0.2, -0.15) is 0 Å². The Morgan fingerprint density at radius 3 is 2.61 bits per heavy atom. The van der Waals surface area contributed by atoms with Crippen molar-refractivity contribution >= 4 is 28.1 Å². The van der Waals surface area contributed by atoms with E-state index < -0.39 is 0 Å². The summed E-state index contributed by atoms with van der Waals surface area (Å²) < 4.78 is 10.6. The highest BCUT2D eigenvalue weighted by Crippen LogP contribution is 2.31. The molecule has 0 fully saturated rings. The summed E-state index contributed by atoms with van der Waals surface area (Å²) in [6, 6.07) is 5.36. The lowest BCUT2D eigenvalue weighted by Crippen LogP contribution is -2.31. The number of aromatic nitrogens is 2. The van der Waals surface area contributed by atoms with Gasteiger partial charge in [-0.1, -0.05) is 6.42 Å². The number of carbonyl (C=O) groups excluding carboxylic acids is 1. The van der Waals surface area contributed by atoms with Crippen molar-refractivity contribution in [2.75, 3.05) is 20.8 Å². The van der Waals surface area contributed by atoms with Gasteiger partial charge < -0.3 is 19.4 Å². The second-order valence-corrected chi connectivity index (χ2v) is 8.81. The average molecular weight is 442 g/mol. The molecule has 1 aromatic carbocycles. The number of benzene rings is 1. The van der Waals surface area contributed by atoms with Gasteiger partial charge in [0.1, 0.15) is 5.82 Å². The van der Waals surface area contributed by atoms with Gasteiger partial charge in [-0.15, -0.1) is 11.3 Å². The van der Waals surface area contributed by atoms with Crippen LogP contribution < -0.4 is 15.0 Å². The Hall–Kier alpha value is -2.87. The second-order valence-electron chi connectivity index (χ2n) is 7.68. The van der Waals surface area contributed by atoms with E-state index in [2.05, 4.69) is 16.0 Å². The number of nitrogens with zero attached hydrogens (tertiary/aromatic N) is 2. The van der Waals surface area contributed by atoms with Crippen LogP contribution in [-0.2, 0) is 19.4 Å². The maximum atomic E-state index is 13.2. The molecule has 2 aromatic heterocycles. The Bertz CT molecular complexity index is 1140. The first-order valence-electron chi connectivity index (χ1n) is 10.6. The van der Waals surface area contributed by atoms with Crippen molar-refractivity contribution in [2.24, 2.45) is 0 Å². The quantitative estimate of drug-likeness (QED) is 0.586. The predicted octanol–water partition coefficient (Wildman–Crippen LogP) is 3.93. The summed E-state index contributed by atoms with van der Waals surface area (Å²) in [5.74, 6) is 1.40. The predicted molar refractivity (Wildman–Crippen MR) is 121 cm³/mol. The lowest BCUT2D eigenvalue weighted by molar-refractivity contribution is 0.0753. The number of H-pyrrole nitrogens is 1. The Labute approximate surface area is 185 Å². The number of hydrogen-bond acceptors (Lipinski definition) is 6. The minimum absolute atomic E-state index is 0.0179. The standard InChI is InChI=1S/C23H27N3O4S/c1-4-26(23(28)20-10-14-8-6-5-7-9-19(14)31-20)13-21-24-16-12-18(30-3)17(29-2)11-15(16)22(27)25-21/h10-12H,4-9,13H2,1-3H3,(H,24,25,27). The third-order valence-electron chi connectivity index (χ3n) is 5.73. The summed E-state index contributed by atoms with van der Waals surface area (Å²) in [6.07, 6.45) is 5.74. The monoisotopic (exact) mass is 441 g/mol. The summed E-state index contributed by atoms with van der Waals surface area (Å²) in [5, 5.41) is 0.415. The molecule has 0 saturated heterocycles. The number of methoxy groups -OCH3 is 2. The van der Waals surface area contributed by atoms with Crippen LogP contribution in [0.2, 0.25) is 0 Å². The average Bonchev–Trinajstić information content (AvgIpc) is 3.06. The van der Waals surface area contributed by atoms with Gasteiger partial charge in [0, 0.05) is 17.5 Å². The van der Waals surface area contributed by atoms with E-state index in [-0.39, 0.29) is 18.0 Å². The minimum atomic E-state index is -0.271. The van der Waals surface area contributed by atoms with E-state index in [4.69, 9.17) is 9.47 Å². The number of fused-ring (bicyclic) bond motifs is 2. The second kappa shape index (κ2) is 9.09. The van der Waals surface area contributed by atoms with E-state index in [1.54, 1.807) is 28.4 Å². The zero-order chi connectivity index (χ0) is 22.0. The molecule has 0 unspecified atom stereocenters. The van der Waals surface area contributed by atoms with Crippen LogP contribution in [0.25, 0.3) is 10.9 Å².